The van der Waals surface area contributed by atoms with E-state index in [0.29, 0.717) is 23.5 Å². The summed E-state index contributed by atoms with van der Waals surface area (Å²) < 4.78 is 0. The molecule has 1 aliphatic carbocycles. The molecule has 0 spiro atoms. The summed E-state index contributed by atoms with van der Waals surface area (Å²) in [6.07, 6.45) is 3.90. The molecule has 1 saturated carbocycles. The van der Waals surface area contributed by atoms with Crippen molar-refractivity contribution in [2.75, 3.05) is 0 Å². The first-order valence-electron chi connectivity index (χ1n) is 9.48. The van der Waals surface area contributed by atoms with E-state index in [1.54, 1.807) is 23.1 Å². The fraction of sp³-hybridized carbons (Fsp3) is 0.500. The molecule has 1 aromatic rings. The number of rotatable bonds is 4. The largest absolute Gasteiger partial charge is 0.366 e. The van der Waals surface area contributed by atoms with Crippen LogP contribution in [0.25, 0.3) is 0 Å². The summed E-state index contributed by atoms with van der Waals surface area (Å²) in [6, 6.07) is 3.91. The van der Waals surface area contributed by atoms with Crippen molar-refractivity contribution in [1.29, 1.82) is 0 Å². The number of nitrogens with zero attached hydrogens (tertiary/aromatic N) is 1. The van der Waals surface area contributed by atoms with Gasteiger partial charge in [-0.15, -0.1) is 0 Å². The number of fused-ring (bicyclic) bond motifs is 1. The number of amides is 4. The highest BCUT2D eigenvalue weighted by Gasteiger charge is 2.48. The van der Waals surface area contributed by atoms with Crippen LogP contribution < -0.4 is 11.1 Å². The van der Waals surface area contributed by atoms with Crippen LogP contribution in [0.3, 0.4) is 0 Å². The summed E-state index contributed by atoms with van der Waals surface area (Å²) >= 11 is 0. The normalized spacial score (nSPS) is 26.4. The number of benzene rings is 1. The summed E-state index contributed by atoms with van der Waals surface area (Å²) in [5.41, 5.74) is 7.07. The average molecular weight is 369 g/mol. The van der Waals surface area contributed by atoms with Gasteiger partial charge in [-0.2, -0.15) is 0 Å². The molecule has 4 amide bonds. The number of imide groups is 1. The molecule has 0 radical (unpaired) electrons. The lowest BCUT2D eigenvalue weighted by molar-refractivity contribution is -0.137. The molecule has 1 aromatic carbocycles. The van der Waals surface area contributed by atoms with E-state index in [1.165, 1.54) is 6.42 Å². The van der Waals surface area contributed by atoms with Crippen LogP contribution in [0.2, 0.25) is 0 Å². The summed E-state index contributed by atoms with van der Waals surface area (Å²) in [4.78, 5) is 50.5. The molecule has 7 heteroatoms. The van der Waals surface area contributed by atoms with Gasteiger partial charge in [-0.3, -0.25) is 24.5 Å². The Morgan fingerprint density at radius 1 is 1.22 bits per heavy atom. The minimum Gasteiger partial charge on any atom is -0.366 e. The summed E-state index contributed by atoms with van der Waals surface area (Å²) in [5, 5.41) is 2.35. The molecule has 0 bridgehead atoms. The Labute approximate surface area is 157 Å². The number of carbonyl (C=O) groups excluding carboxylic acids is 4. The lowest BCUT2D eigenvalue weighted by atomic mass is 9.72. The molecule has 2 aliphatic heterocycles. The molecular formula is C20H23N3O4. The van der Waals surface area contributed by atoms with Crippen molar-refractivity contribution in [2.45, 2.75) is 51.1 Å². The van der Waals surface area contributed by atoms with Gasteiger partial charge in [-0.1, -0.05) is 26.2 Å². The monoisotopic (exact) mass is 369 g/mol. The van der Waals surface area contributed by atoms with Crippen LogP contribution >= 0.6 is 0 Å². The van der Waals surface area contributed by atoms with Crippen LogP contribution in [0.4, 0.5) is 0 Å². The maximum Gasteiger partial charge on any atom is 0.255 e. The summed E-state index contributed by atoms with van der Waals surface area (Å²) in [6.45, 7) is 2.10. The van der Waals surface area contributed by atoms with Crippen LogP contribution in [0.15, 0.2) is 18.2 Å². The van der Waals surface area contributed by atoms with E-state index in [2.05, 4.69) is 12.2 Å². The van der Waals surface area contributed by atoms with E-state index in [9.17, 15) is 19.2 Å². The number of hydrogen-bond donors (Lipinski definition) is 2. The second-order valence-corrected chi connectivity index (χ2v) is 7.84. The van der Waals surface area contributed by atoms with Gasteiger partial charge in [0.2, 0.25) is 17.7 Å². The standard InChI is InChI=1S/C20H23N3O4/c1-10(11-3-2-4-11)17-14-9-12(18(21)25)5-6-13(14)20(27)23(17)15-7-8-16(24)22-19(15)26/h5-6,9-11,15,17H,2-4,7-8H2,1H3,(H2,21,25)(H,22,24,26)/t10-,15?,17?/m0/s1. The van der Waals surface area contributed by atoms with Gasteiger partial charge >= 0.3 is 0 Å². The maximum atomic E-state index is 13.2. The Kier molecular flexibility index (Phi) is 4.25. The molecule has 142 valence electrons. The van der Waals surface area contributed by atoms with Crippen molar-refractivity contribution in [3.8, 4) is 0 Å². The highest BCUT2D eigenvalue weighted by atomic mass is 16.2. The topological polar surface area (TPSA) is 110 Å². The predicted octanol–water partition coefficient (Wildman–Crippen LogP) is 1.52. The molecule has 27 heavy (non-hydrogen) atoms. The first-order chi connectivity index (χ1) is 12.9. The van der Waals surface area contributed by atoms with Gasteiger partial charge in [0.25, 0.3) is 5.91 Å². The van der Waals surface area contributed by atoms with E-state index in [-0.39, 0.29) is 30.2 Å². The molecule has 3 aliphatic rings. The predicted molar refractivity (Wildman–Crippen MR) is 96.5 cm³/mol. The van der Waals surface area contributed by atoms with Crippen LogP contribution in [0.5, 0.6) is 0 Å². The van der Waals surface area contributed by atoms with Gasteiger partial charge < -0.3 is 10.6 Å². The number of carbonyl (C=O) groups is 4. The quantitative estimate of drug-likeness (QED) is 0.784. The molecule has 3 atom stereocenters. The number of primary amides is 1. The molecule has 2 fully saturated rings. The highest BCUT2D eigenvalue weighted by molar-refractivity contribution is 6.06. The summed E-state index contributed by atoms with van der Waals surface area (Å²) in [7, 11) is 0. The van der Waals surface area contributed by atoms with Gasteiger partial charge in [0.1, 0.15) is 6.04 Å². The Morgan fingerprint density at radius 3 is 2.56 bits per heavy atom. The molecule has 0 aromatic heterocycles. The molecular weight excluding hydrogens is 346 g/mol. The number of piperidine rings is 1. The van der Waals surface area contributed by atoms with E-state index < -0.39 is 17.9 Å². The van der Waals surface area contributed by atoms with Crippen molar-refractivity contribution < 1.29 is 19.2 Å². The number of nitrogens with two attached hydrogens (primary N) is 1. The smallest absolute Gasteiger partial charge is 0.255 e. The van der Waals surface area contributed by atoms with Crippen LogP contribution in [-0.2, 0) is 9.59 Å². The highest BCUT2D eigenvalue weighted by Crippen LogP contribution is 2.48. The SMILES string of the molecule is C[C@@H](C1CCC1)C1c2cc(C(N)=O)ccc2C(=O)N1C1CCC(=O)NC1=O. The van der Waals surface area contributed by atoms with E-state index in [4.69, 9.17) is 5.73 Å². The zero-order valence-electron chi connectivity index (χ0n) is 15.2. The molecule has 3 N–H and O–H groups in total. The second-order valence-electron chi connectivity index (χ2n) is 7.84. The lowest BCUT2D eigenvalue weighted by Crippen LogP contribution is -2.54. The Morgan fingerprint density at radius 2 is 1.96 bits per heavy atom. The fourth-order valence-electron chi connectivity index (χ4n) is 4.61. The fourth-order valence-corrected chi connectivity index (χ4v) is 4.61. The average Bonchev–Trinajstić information content (AvgIpc) is 2.85. The van der Waals surface area contributed by atoms with Gasteiger partial charge in [0.05, 0.1) is 6.04 Å². The van der Waals surface area contributed by atoms with Crippen molar-refractivity contribution in [3.05, 3.63) is 34.9 Å². The van der Waals surface area contributed by atoms with Crippen molar-refractivity contribution in [3.63, 3.8) is 0 Å². The minimum atomic E-state index is -0.674. The zero-order chi connectivity index (χ0) is 19.3. The summed E-state index contributed by atoms with van der Waals surface area (Å²) in [5.74, 6) is -0.862. The third-order valence-corrected chi connectivity index (χ3v) is 6.36. The number of nitrogens with one attached hydrogen (secondary N) is 1. The minimum absolute atomic E-state index is 0.150. The Bertz CT molecular complexity index is 846. The van der Waals surface area contributed by atoms with Gasteiger partial charge in [0.15, 0.2) is 0 Å². The molecule has 4 rings (SSSR count). The van der Waals surface area contributed by atoms with Gasteiger partial charge in [-0.05, 0) is 42.0 Å². The third-order valence-electron chi connectivity index (χ3n) is 6.36. The second kappa shape index (κ2) is 6.48. The van der Waals surface area contributed by atoms with E-state index in [0.717, 1.165) is 18.4 Å². The first kappa shape index (κ1) is 17.7. The maximum absolute atomic E-state index is 13.2. The van der Waals surface area contributed by atoms with Crippen molar-refractivity contribution in [1.82, 2.24) is 10.2 Å². The van der Waals surface area contributed by atoms with Crippen LogP contribution in [-0.4, -0.2) is 34.6 Å². The Balaban J connectivity index is 1.77. The van der Waals surface area contributed by atoms with Gasteiger partial charge in [0, 0.05) is 17.5 Å². The molecule has 7 nitrogen and oxygen atoms in total. The number of hydrogen-bond acceptors (Lipinski definition) is 4. The van der Waals surface area contributed by atoms with Gasteiger partial charge in [-0.25, -0.2) is 0 Å². The Hall–Kier alpha value is -2.70. The van der Waals surface area contributed by atoms with Crippen molar-refractivity contribution >= 4 is 23.6 Å². The van der Waals surface area contributed by atoms with Crippen LogP contribution in [0, 0.1) is 11.8 Å². The first-order valence-corrected chi connectivity index (χ1v) is 9.48. The van der Waals surface area contributed by atoms with E-state index in [1.807, 2.05) is 0 Å². The van der Waals surface area contributed by atoms with E-state index >= 15 is 0 Å². The van der Waals surface area contributed by atoms with Crippen molar-refractivity contribution in [2.24, 2.45) is 17.6 Å². The molecule has 1 saturated heterocycles. The zero-order valence-corrected chi connectivity index (χ0v) is 15.2. The molecule has 2 heterocycles. The third kappa shape index (κ3) is 2.81. The lowest BCUT2D eigenvalue weighted by Gasteiger charge is -2.42. The van der Waals surface area contributed by atoms with Crippen LogP contribution in [0.1, 0.15) is 71.3 Å². The molecule has 2 unspecified atom stereocenters.